The second-order valence-electron chi connectivity index (χ2n) is 2.50. The second kappa shape index (κ2) is 5.65. The van der Waals surface area contributed by atoms with Crippen LogP contribution in [0.15, 0.2) is 0 Å². The predicted octanol–water partition coefficient (Wildman–Crippen LogP) is -0.272. The van der Waals surface area contributed by atoms with Crippen molar-refractivity contribution in [1.29, 1.82) is 0 Å². The van der Waals surface area contributed by atoms with Gasteiger partial charge in [-0.15, -0.1) is 0 Å². The van der Waals surface area contributed by atoms with Crippen LogP contribution >= 0.6 is 0 Å². The van der Waals surface area contributed by atoms with Crippen LogP contribution in [0.2, 0.25) is 0 Å². The van der Waals surface area contributed by atoms with Crippen LogP contribution in [0.25, 0.3) is 0 Å². The molecule has 3 heteroatoms. The highest BCUT2D eigenvalue weighted by Crippen LogP contribution is 2.00. The average molecular weight is 147 g/mol. The van der Waals surface area contributed by atoms with E-state index < -0.39 is 0 Å². The van der Waals surface area contributed by atoms with Crippen molar-refractivity contribution < 1.29 is 10.2 Å². The average Bonchev–Trinajstić information content (AvgIpc) is 1.89. The smallest absolute Gasteiger partial charge is 0.0665 e. The Bertz CT molecular complexity index is 76.0. The molecule has 0 aromatic carbocycles. The highest BCUT2D eigenvalue weighted by molar-refractivity contribution is 4.69. The van der Waals surface area contributed by atoms with E-state index in [1.807, 2.05) is 7.05 Å². The highest BCUT2D eigenvalue weighted by Gasteiger charge is 2.10. The SMILES string of the molecule is CNC(CCCO)[C@H](C)O. The zero-order chi connectivity index (χ0) is 7.98. The zero-order valence-corrected chi connectivity index (χ0v) is 6.67. The Morgan fingerprint density at radius 1 is 1.50 bits per heavy atom. The second-order valence-corrected chi connectivity index (χ2v) is 2.50. The third-order valence-corrected chi connectivity index (χ3v) is 1.63. The highest BCUT2D eigenvalue weighted by atomic mass is 16.3. The lowest BCUT2D eigenvalue weighted by Crippen LogP contribution is -2.35. The zero-order valence-electron chi connectivity index (χ0n) is 6.67. The molecule has 0 aromatic heterocycles. The van der Waals surface area contributed by atoms with Crippen molar-refractivity contribution in [2.75, 3.05) is 13.7 Å². The Balaban J connectivity index is 3.40. The van der Waals surface area contributed by atoms with Crippen LogP contribution in [-0.4, -0.2) is 36.0 Å². The minimum absolute atomic E-state index is 0.118. The predicted molar refractivity (Wildman–Crippen MR) is 40.8 cm³/mol. The van der Waals surface area contributed by atoms with E-state index >= 15 is 0 Å². The number of aliphatic hydroxyl groups excluding tert-OH is 2. The summed E-state index contributed by atoms with van der Waals surface area (Å²) in [6, 6.07) is 0.118. The number of likely N-dealkylation sites (N-methyl/N-ethyl adjacent to an activating group) is 1. The molecule has 3 nitrogen and oxygen atoms in total. The first-order chi connectivity index (χ1) is 4.72. The van der Waals surface area contributed by atoms with Gasteiger partial charge in [0.2, 0.25) is 0 Å². The van der Waals surface area contributed by atoms with Gasteiger partial charge in [-0.05, 0) is 26.8 Å². The molecular formula is C7H17NO2. The molecule has 0 bridgehead atoms. The lowest BCUT2D eigenvalue weighted by Gasteiger charge is -2.17. The molecule has 0 amide bonds. The van der Waals surface area contributed by atoms with Crippen LogP contribution in [0.5, 0.6) is 0 Å². The van der Waals surface area contributed by atoms with Gasteiger partial charge in [0.05, 0.1) is 6.10 Å². The van der Waals surface area contributed by atoms with Crippen LogP contribution in [-0.2, 0) is 0 Å². The normalized spacial score (nSPS) is 16.8. The van der Waals surface area contributed by atoms with Crippen LogP contribution in [0.1, 0.15) is 19.8 Å². The van der Waals surface area contributed by atoms with E-state index in [1.54, 1.807) is 6.92 Å². The summed E-state index contributed by atoms with van der Waals surface area (Å²) in [4.78, 5) is 0. The van der Waals surface area contributed by atoms with Gasteiger partial charge in [0, 0.05) is 12.6 Å². The van der Waals surface area contributed by atoms with Crippen molar-refractivity contribution in [3.8, 4) is 0 Å². The minimum atomic E-state index is -0.337. The van der Waals surface area contributed by atoms with Crippen molar-refractivity contribution in [3.05, 3.63) is 0 Å². The molecule has 0 fully saturated rings. The summed E-state index contributed by atoms with van der Waals surface area (Å²) < 4.78 is 0. The van der Waals surface area contributed by atoms with Gasteiger partial charge in [-0.3, -0.25) is 0 Å². The molecule has 0 radical (unpaired) electrons. The van der Waals surface area contributed by atoms with Crippen molar-refractivity contribution >= 4 is 0 Å². The molecule has 0 aliphatic rings. The molecule has 0 heterocycles. The molecule has 0 aromatic rings. The molecule has 2 atom stereocenters. The molecule has 3 N–H and O–H groups in total. The Kier molecular flexibility index (Phi) is 5.58. The summed E-state index contributed by atoms with van der Waals surface area (Å²) in [6.45, 7) is 1.95. The van der Waals surface area contributed by atoms with Gasteiger partial charge in [0.1, 0.15) is 0 Å². The molecule has 1 unspecified atom stereocenters. The van der Waals surface area contributed by atoms with Crippen molar-refractivity contribution in [2.45, 2.75) is 31.9 Å². The van der Waals surface area contributed by atoms with Gasteiger partial charge in [-0.1, -0.05) is 0 Å². The fraction of sp³-hybridized carbons (Fsp3) is 1.00. The Labute approximate surface area is 62.1 Å². The molecule has 0 spiro atoms. The van der Waals surface area contributed by atoms with Crippen LogP contribution in [0.3, 0.4) is 0 Å². The fourth-order valence-electron chi connectivity index (χ4n) is 0.938. The summed E-state index contributed by atoms with van der Waals surface area (Å²) in [7, 11) is 1.81. The summed E-state index contributed by atoms with van der Waals surface area (Å²) in [5.41, 5.74) is 0. The standard InChI is InChI=1S/C7H17NO2/c1-6(10)7(8-2)4-3-5-9/h6-10H,3-5H2,1-2H3/t6-,7?/m0/s1. The van der Waals surface area contributed by atoms with E-state index in [0.29, 0.717) is 0 Å². The molecule has 0 aliphatic carbocycles. The fourth-order valence-corrected chi connectivity index (χ4v) is 0.938. The van der Waals surface area contributed by atoms with E-state index in [0.717, 1.165) is 12.8 Å². The topological polar surface area (TPSA) is 52.5 Å². The first-order valence-corrected chi connectivity index (χ1v) is 3.68. The minimum Gasteiger partial charge on any atom is -0.396 e. The number of hydrogen-bond donors (Lipinski definition) is 3. The number of aliphatic hydroxyl groups is 2. The summed E-state index contributed by atoms with van der Waals surface area (Å²) >= 11 is 0. The molecule has 0 saturated heterocycles. The van der Waals surface area contributed by atoms with Gasteiger partial charge in [0.15, 0.2) is 0 Å². The largest absolute Gasteiger partial charge is 0.396 e. The van der Waals surface area contributed by atoms with Crippen molar-refractivity contribution in [3.63, 3.8) is 0 Å². The van der Waals surface area contributed by atoms with Gasteiger partial charge in [-0.2, -0.15) is 0 Å². The monoisotopic (exact) mass is 147 g/mol. The van der Waals surface area contributed by atoms with E-state index in [1.165, 1.54) is 0 Å². The quantitative estimate of drug-likeness (QED) is 0.501. The number of nitrogens with one attached hydrogen (secondary N) is 1. The van der Waals surface area contributed by atoms with Gasteiger partial charge in [0.25, 0.3) is 0 Å². The van der Waals surface area contributed by atoms with Crippen LogP contribution in [0, 0.1) is 0 Å². The Morgan fingerprint density at radius 3 is 2.40 bits per heavy atom. The first kappa shape index (κ1) is 9.88. The number of hydrogen-bond acceptors (Lipinski definition) is 3. The Hall–Kier alpha value is -0.120. The molecular weight excluding hydrogens is 130 g/mol. The molecule has 0 aliphatic heterocycles. The maximum absolute atomic E-state index is 9.09. The van der Waals surface area contributed by atoms with Crippen LogP contribution < -0.4 is 5.32 Å². The van der Waals surface area contributed by atoms with Crippen molar-refractivity contribution in [2.24, 2.45) is 0 Å². The lowest BCUT2D eigenvalue weighted by molar-refractivity contribution is 0.138. The van der Waals surface area contributed by atoms with Crippen LogP contribution in [0.4, 0.5) is 0 Å². The molecule has 0 rings (SSSR count). The van der Waals surface area contributed by atoms with E-state index in [2.05, 4.69) is 5.32 Å². The lowest BCUT2D eigenvalue weighted by atomic mass is 10.1. The maximum atomic E-state index is 9.09. The van der Waals surface area contributed by atoms with E-state index in [-0.39, 0.29) is 18.8 Å². The maximum Gasteiger partial charge on any atom is 0.0665 e. The number of rotatable bonds is 5. The Morgan fingerprint density at radius 2 is 2.10 bits per heavy atom. The molecule has 0 saturated carbocycles. The molecule has 10 heavy (non-hydrogen) atoms. The van der Waals surface area contributed by atoms with Gasteiger partial charge >= 0.3 is 0 Å². The first-order valence-electron chi connectivity index (χ1n) is 3.68. The van der Waals surface area contributed by atoms with Crippen molar-refractivity contribution in [1.82, 2.24) is 5.32 Å². The van der Waals surface area contributed by atoms with Gasteiger partial charge in [-0.25, -0.2) is 0 Å². The summed E-state index contributed by atoms with van der Waals surface area (Å²) in [5, 5.41) is 20.6. The van der Waals surface area contributed by atoms with E-state index in [9.17, 15) is 0 Å². The third-order valence-electron chi connectivity index (χ3n) is 1.63. The summed E-state index contributed by atoms with van der Waals surface area (Å²) in [5.74, 6) is 0. The third kappa shape index (κ3) is 3.82. The summed E-state index contributed by atoms with van der Waals surface area (Å²) in [6.07, 6.45) is 1.23. The van der Waals surface area contributed by atoms with Gasteiger partial charge < -0.3 is 15.5 Å². The van der Waals surface area contributed by atoms with E-state index in [4.69, 9.17) is 10.2 Å². The molecule has 62 valence electrons.